The first-order chi connectivity index (χ1) is 10.7. The van der Waals surface area contributed by atoms with Crippen molar-refractivity contribution >= 4 is 25.5 Å². The van der Waals surface area contributed by atoms with Gasteiger partial charge in [0.2, 0.25) is 0 Å². The molecule has 1 aliphatic heterocycles. The third-order valence-electron chi connectivity index (χ3n) is 3.95. The molecule has 0 amide bonds. The fourth-order valence-electron chi connectivity index (χ4n) is 2.88. The van der Waals surface area contributed by atoms with Gasteiger partial charge in [0, 0.05) is 12.3 Å². The molecule has 122 valence electrons. The van der Waals surface area contributed by atoms with Gasteiger partial charge in [-0.2, -0.15) is 0 Å². The molecule has 1 aliphatic rings. The minimum absolute atomic E-state index is 0.0912. The monoisotopic (exact) mass is 351 g/mol. The van der Waals surface area contributed by atoms with E-state index in [2.05, 4.69) is 0 Å². The summed E-state index contributed by atoms with van der Waals surface area (Å²) in [5.41, 5.74) is 1.68. The Morgan fingerprint density at radius 2 is 1.48 bits per heavy atom. The number of para-hydroxylation sites is 1. The minimum atomic E-state index is -3.73. The van der Waals surface area contributed by atoms with Crippen LogP contribution in [0.15, 0.2) is 58.3 Å². The maximum atomic E-state index is 12.9. The molecule has 2 aromatic carbocycles. The fourth-order valence-corrected chi connectivity index (χ4v) is 5.20. The molecule has 0 aliphatic carbocycles. The topological polar surface area (TPSA) is 71.5 Å². The van der Waals surface area contributed by atoms with Crippen LogP contribution in [-0.4, -0.2) is 29.1 Å². The molecule has 7 heteroatoms. The number of sulfone groups is 1. The summed E-state index contributed by atoms with van der Waals surface area (Å²) >= 11 is 0. The highest BCUT2D eigenvalue weighted by molar-refractivity contribution is 7.93. The Balaban J connectivity index is 2.06. The minimum Gasteiger partial charge on any atom is -0.263 e. The summed E-state index contributed by atoms with van der Waals surface area (Å²) in [7, 11) is -7.08. The fraction of sp³-hybridized carbons (Fsp3) is 0.250. The van der Waals surface area contributed by atoms with Crippen LogP contribution >= 0.6 is 0 Å². The van der Waals surface area contributed by atoms with Gasteiger partial charge < -0.3 is 0 Å². The lowest BCUT2D eigenvalue weighted by Gasteiger charge is -2.24. The van der Waals surface area contributed by atoms with Gasteiger partial charge >= 0.3 is 0 Å². The molecule has 0 radical (unpaired) electrons. The van der Waals surface area contributed by atoms with Crippen molar-refractivity contribution in [2.45, 2.75) is 29.2 Å². The molecule has 0 saturated carbocycles. The molecule has 0 bridgehead atoms. The Kier molecular flexibility index (Phi) is 3.72. The molecule has 1 unspecified atom stereocenters. The number of hydrogen-bond acceptors (Lipinski definition) is 4. The Hall–Kier alpha value is -1.86. The van der Waals surface area contributed by atoms with Crippen LogP contribution in [0.1, 0.15) is 12.5 Å². The summed E-state index contributed by atoms with van der Waals surface area (Å²) in [6, 6.07) is 12.6. The van der Waals surface area contributed by atoms with E-state index in [1.54, 1.807) is 6.07 Å². The van der Waals surface area contributed by atoms with Gasteiger partial charge in [0.15, 0.2) is 9.84 Å². The van der Waals surface area contributed by atoms with Crippen LogP contribution in [0, 0.1) is 0 Å². The number of rotatable bonds is 3. The van der Waals surface area contributed by atoms with Gasteiger partial charge in [-0.15, -0.1) is 0 Å². The van der Waals surface area contributed by atoms with E-state index in [0.717, 1.165) is 11.8 Å². The molecular weight excluding hydrogens is 334 g/mol. The highest BCUT2D eigenvalue weighted by atomic mass is 32.2. The van der Waals surface area contributed by atoms with Gasteiger partial charge in [0.05, 0.1) is 15.5 Å². The maximum Gasteiger partial charge on any atom is 0.264 e. The van der Waals surface area contributed by atoms with Crippen molar-refractivity contribution in [3.05, 3.63) is 54.1 Å². The lowest BCUT2D eigenvalue weighted by Crippen LogP contribution is -2.35. The molecule has 0 spiro atoms. The summed E-state index contributed by atoms with van der Waals surface area (Å²) in [5, 5.41) is 0. The van der Waals surface area contributed by atoms with E-state index in [0.29, 0.717) is 12.1 Å². The SMILES string of the molecule is CC1Cc2ccccc2N1S(=O)(=O)c1ccc(S(C)(=O)=O)cc1. The molecule has 0 N–H and O–H groups in total. The molecule has 0 aromatic heterocycles. The van der Waals surface area contributed by atoms with Crippen LogP contribution in [0.3, 0.4) is 0 Å². The van der Waals surface area contributed by atoms with E-state index in [1.807, 2.05) is 25.1 Å². The van der Waals surface area contributed by atoms with Crippen molar-refractivity contribution in [1.29, 1.82) is 0 Å². The Morgan fingerprint density at radius 1 is 0.913 bits per heavy atom. The van der Waals surface area contributed by atoms with Crippen LogP contribution in [0.25, 0.3) is 0 Å². The normalized spacial score (nSPS) is 18.0. The molecule has 23 heavy (non-hydrogen) atoms. The predicted octanol–water partition coefficient (Wildman–Crippen LogP) is 2.23. The van der Waals surface area contributed by atoms with E-state index in [4.69, 9.17) is 0 Å². The third kappa shape index (κ3) is 2.74. The standard InChI is InChI=1S/C16H17NO4S2/c1-12-11-13-5-3-4-6-16(13)17(12)23(20,21)15-9-7-14(8-10-15)22(2,18)19/h3-10,12H,11H2,1-2H3. The van der Waals surface area contributed by atoms with E-state index in [-0.39, 0.29) is 15.8 Å². The molecule has 1 heterocycles. The summed E-state index contributed by atoms with van der Waals surface area (Å²) < 4.78 is 50.3. The zero-order valence-electron chi connectivity index (χ0n) is 12.8. The average Bonchev–Trinajstić information content (AvgIpc) is 2.83. The van der Waals surface area contributed by atoms with E-state index >= 15 is 0 Å². The van der Waals surface area contributed by atoms with Crippen LogP contribution < -0.4 is 4.31 Å². The third-order valence-corrected chi connectivity index (χ3v) is 7.02. The smallest absolute Gasteiger partial charge is 0.263 e. The number of benzene rings is 2. The van der Waals surface area contributed by atoms with Crippen LogP contribution in [0.5, 0.6) is 0 Å². The highest BCUT2D eigenvalue weighted by Gasteiger charge is 2.35. The maximum absolute atomic E-state index is 12.9. The first-order valence-corrected chi connectivity index (χ1v) is 10.5. The van der Waals surface area contributed by atoms with Gasteiger partial charge in [-0.3, -0.25) is 4.31 Å². The number of fused-ring (bicyclic) bond motifs is 1. The van der Waals surface area contributed by atoms with Crippen molar-refractivity contribution in [1.82, 2.24) is 0 Å². The van der Waals surface area contributed by atoms with E-state index in [1.165, 1.54) is 28.6 Å². The second-order valence-electron chi connectivity index (χ2n) is 5.73. The summed E-state index contributed by atoms with van der Waals surface area (Å²) in [4.78, 5) is 0.194. The number of sulfonamides is 1. The van der Waals surface area contributed by atoms with Gasteiger partial charge in [-0.05, 0) is 49.2 Å². The van der Waals surface area contributed by atoms with E-state index < -0.39 is 19.9 Å². The van der Waals surface area contributed by atoms with Crippen LogP contribution in [0.4, 0.5) is 5.69 Å². The molecule has 3 rings (SSSR count). The highest BCUT2D eigenvalue weighted by Crippen LogP contribution is 2.36. The first kappa shape index (κ1) is 16.0. The van der Waals surface area contributed by atoms with Crippen molar-refractivity contribution in [2.24, 2.45) is 0 Å². The molecule has 0 fully saturated rings. The molecular formula is C16H17NO4S2. The zero-order chi connectivity index (χ0) is 16.8. The number of anilines is 1. The second-order valence-corrected chi connectivity index (χ2v) is 9.56. The summed E-state index contributed by atoms with van der Waals surface area (Å²) in [6.45, 7) is 1.86. The van der Waals surface area contributed by atoms with Gasteiger partial charge in [-0.1, -0.05) is 18.2 Å². The van der Waals surface area contributed by atoms with Crippen LogP contribution in [0.2, 0.25) is 0 Å². The Labute approximate surface area is 136 Å². The van der Waals surface area contributed by atoms with Gasteiger partial charge in [0.25, 0.3) is 10.0 Å². The Morgan fingerprint density at radius 3 is 2.09 bits per heavy atom. The number of hydrogen-bond donors (Lipinski definition) is 0. The van der Waals surface area contributed by atoms with Crippen molar-refractivity contribution in [3.63, 3.8) is 0 Å². The molecule has 2 aromatic rings. The molecule has 0 saturated heterocycles. The number of nitrogens with zero attached hydrogens (tertiary/aromatic N) is 1. The summed E-state index contributed by atoms with van der Waals surface area (Å²) in [5.74, 6) is 0. The quantitative estimate of drug-likeness (QED) is 0.850. The van der Waals surface area contributed by atoms with Crippen LogP contribution in [-0.2, 0) is 26.3 Å². The lowest BCUT2D eigenvalue weighted by molar-refractivity contribution is 0.583. The average molecular weight is 351 g/mol. The molecule has 1 atom stereocenters. The van der Waals surface area contributed by atoms with Crippen molar-refractivity contribution in [2.75, 3.05) is 10.6 Å². The first-order valence-electron chi connectivity index (χ1n) is 7.14. The molecule has 5 nitrogen and oxygen atoms in total. The van der Waals surface area contributed by atoms with Gasteiger partial charge in [0.1, 0.15) is 0 Å². The van der Waals surface area contributed by atoms with E-state index in [9.17, 15) is 16.8 Å². The van der Waals surface area contributed by atoms with Crippen molar-refractivity contribution < 1.29 is 16.8 Å². The summed E-state index contributed by atoms with van der Waals surface area (Å²) in [6.07, 6.45) is 1.76. The second kappa shape index (κ2) is 5.35. The lowest BCUT2D eigenvalue weighted by atomic mass is 10.1. The Bertz CT molecular complexity index is 948. The largest absolute Gasteiger partial charge is 0.264 e. The predicted molar refractivity (Wildman–Crippen MR) is 88.8 cm³/mol. The zero-order valence-corrected chi connectivity index (χ0v) is 14.4. The van der Waals surface area contributed by atoms with Gasteiger partial charge in [-0.25, -0.2) is 16.8 Å². The van der Waals surface area contributed by atoms with Crippen molar-refractivity contribution in [3.8, 4) is 0 Å².